The highest BCUT2D eigenvalue weighted by molar-refractivity contribution is 5.94. The summed E-state index contributed by atoms with van der Waals surface area (Å²) < 4.78 is 10.5. The van der Waals surface area contributed by atoms with E-state index in [-0.39, 0.29) is 36.4 Å². The number of fused-ring (bicyclic) bond motifs is 1. The molecule has 9 heteroatoms. The van der Waals surface area contributed by atoms with Crippen LogP contribution in [-0.2, 0) is 9.53 Å². The third-order valence-corrected chi connectivity index (χ3v) is 4.17. The van der Waals surface area contributed by atoms with Gasteiger partial charge < -0.3 is 20.5 Å². The van der Waals surface area contributed by atoms with E-state index >= 15 is 0 Å². The Balaban J connectivity index is 1.53. The number of hydrogen-bond acceptors (Lipinski definition) is 7. The van der Waals surface area contributed by atoms with Gasteiger partial charge in [0.2, 0.25) is 0 Å². The molecule has 9 nitrogen and oxygen atoms in total. The fraction of sp³-hybridized carbons (Fsp3) is 0.538. The van der Waals surface area contributed by atoms with Crippen LogP contribution in [0, 0.1) is 5.92 Å². The zero-order chi connectivity index (χ0) is 15.3. The van der Waals surface area contributed by atoms with Crippen LogP contribution in [0.25, 0.3) is 0 Å². The Bertz CT molecular complexity index is 645. The summed E-state index contributed by atoms with van der Waals surface area (Å²) in [5.74, 6) is 0.802. The van der Waals surface area contributed by atoms with Crippen LogP contribution in [0.4, 0.5) is 16.4 Å². The summed E-state index contributed by atoms with van der Waals surface area (Å²) >= 11 is 0. The zero-order valence-corrected chi connectivity index (χ0v) is 11.7. The molecule has 116 valence electrons. The van der Waals surface area contributed by atoms with Gasteiger partial charge in [0.15, 0.2) is 18.2 Å². The summed E-state index contributed by atoms with van der Waals surface area (Å²) in [4.78, 5) is 33.1. The van der Waals surface area contributed by atoms with E-state index in [4.69, 9.17) is 15.2 Å². The average Bonchev–Trinajstić information content (AvgIpc) is 2.84. The molecule has 2 fully saturated rings. The van der Waals surface area contributed by atoms with E-state index in [1.54, 1.807) is 0 Å². The van der Waals surface area contributed by atoms with Gasteiger partial charge in [-0.3, -0.25) is 9.69 Å². The highest BCUT2D eigenvalue weighted by atomic mass is 16.6. The van der Waals surface area contributed by atoms with Crippen LogP contribution in [0.2, 0.25) is 0 Å². The SMILES string of the molecule is N[C@H]1C[C@@H](C2CN(c3cnc4c(n3)NC(=O)CO4)C(=O)O2)C1. The highest BCUT2D eigenvalue weighted by Crippen LogP contribution is 2.35. The summed E-state index contributed by atoms with van der Waals surface area (Å²) in [6, 6.07) is 0.202. The quantitative estimate of drug-likeness (QED) is 0.781. The van der Waals surface area contributed by atoms with Crippen LogP contribution < -0.4 is 20.7 Å². The molecule has 1 atom stereocenters. The molecule has 1 saturated heterocycles. The lowest BCUT2D eigenvalue weighted by atomic mass is 9.77. The molecule has 1 aromatic rings. The van der Waals surface area contributed by atoms with Crippen LogP contribution in [0.1, 0.15) is 12.8 Å². The van der Waals surface area contributed by atoms with Crippen LogP contribution in [0.15, 0.2) is 6.20 Å². The molecule has 3 N–H and O–H groups in total. The molecular formula is C13H15N5O4. The zero-order valence-electron chi connectivity index (χ0n) is 11.7. The number of anilines is 2. The lowest BCUT2D eigenvalue weighted by Gasteiger charge is -2.35. The number of rotatable bonds is 2. The third kappa shape index (κ3) is 2.13. The summed E-state index contributed by atoms with van der Waals surface area (Å²) in [5, 5.41) is 2.57. The minimum absolute atomic E-state index is 0.0865. The van der Waals surface area contributed by atoms with Crippen LogP contribution in [-0.4, -0.2) is 47.3 Å². The van der Waals surface area contributed by atoms with Crippen molar-refractivity contribution in [2.45, 2.75) is 25.0 Å². The number of carbonyl (C=O) groups is 2. The summed E-state index contributed by atoms with van der Waals surface area (Å²) in [6.07, 6.45) is 2.54. The molecule has 1 saturated carbocycles. The van der Waals surface area contributed by atoms with Gasteiger partial charge in [-0.25, -0.2) is 14.8 Å². The number of nitrogens with one attached hydrogen (secondary N) is 1. The maximum absolute atomic E-state index is 12.0. The number of carbonyl (C=O) groups excluding carboxylic acids is 2. The molecular weight excluding hydrogens is 290 g/mol. The maximum Gasteiger partial charge on any atom is 0.416 e. The van der Waals surface area contributed by atoms with Gasteiger partial charge in [0.1, 0.15) is 6.10 Å². The van der Waals surface area contributed by atoms with Crippen molar-refractivity contribution in [3.63, 3.8) is 0 Å². The molecule has 0 radical (unpaired) electrons. The topological polar surface area (TPSA) is 120 Å². The first-order valence-electron chi connectivity index (χ1n) is 7.13. The number of nitrogens with two attached hydrogens (primary N) is 1. The molecule has 0 spiro atoms. The van der Waals surface area contributed by atoms with Crippen molar-refractivity contribution in [3.8, 4) is 5.88 Å². The van der Waals surface area contributed by atoms with Crippen molar-refractivity contribution in [1.82, 2.24) is 9.97 Å². The van der Waals surface area contributed by atoms with Gasteiger partial charge in [0, 0.05) is 12.0 Å². The fourth-order valence-electron chi connectivity index (χ4n) is 2.92. The molecule has 2 aliphatic heterocycles. The minimum Gasteiger partial charge on any atom is -0.465 e. The molecule has 0 aromatic carbocycles. The number of nitrogens with zero attached hydrogens (tertiary/aromatic N) is 3. The van der Waals surface area contributed by atoms with Gasteiger partial charge in [0.25, 0.3) is 11.8 Å². The second-order valence-electron chi connectivity index (χ2n) is 5.74. The van der Waals surface area contributed by atoms with Gasteiger partial charge in [-0.2, -0.15) is 0 Å². The lowest BCUT2D eigenvalue weighted by molar-refractivity contribution is -0.118. The largest absolute Gasteiger partial charge is 0.465 e. The van der Waals surface area contributed by atoms with Crippen molar-refractivity contribution in [2.75, 3.05) is 23.4 Å². The second kappa shape index (κ2) is 4.80. The van der Waals surface area contributed by atoms with Crippen molar-refractivity contribution in [2.24, 2.45) is 11.7 Å². The Morgan fingerprint density at radius 3 is 2.95 bits per heavy atom. The average molecular weight is 305 g/mol. The second-order valence-corrected chi connectivity index (χ2v) is 5.74. The predicted octanol–water partition coefficient (Wildman–Crippen LogP) is -0.130. The van der Waals surface area contributed by atoms with E-state index in [1.165, 1.54) is 11.1 Å². The highest BCUT2D eigenvalue weighted by Gasteiger charge is 2.43. The first-order valence-corrected chi connectivity index (χ1v) is 7.13. The van der Waals surface area contributed by atoms with Crippen LogP contribution in [0.5, 0.6) is 5.88 Å². The van der Waals surface area contributed by atoms with E-state index in [2.05, 4.69) is 15.3 Å². The first-order chi connectivity index (χ1) is 10.6. The molecule has 0 bridgehead atoms. The van der Waals surface area contributed by atoms with Gasteiger partial charge in [-0.1, -0.05) is 0 Å². The summed E-state index contributed by atoms with van der Waals surface area (Å²) in [5.41, 5.74) is 5.78. The van der Waals surface area contributed by atoms with E-state index in [0.29, 0.717) is 18.3 Å². The normalized spacial score (nSPS) is 30.0. The molecule has 1 aromatic heterocycles. The number of aromatic nitrogens is 2. The Hall–Kier alpha value is -2.42. The van der Waals surface area contributed by atoms with Gasteiger partial charge >= 0.3 is 6.09 Å². The Morgan fingerprint density at radius 2 is 2.18 bits per heavy atom. The molecule has 4 rings (SSSR count). The number of hydrogen-bond donors (Lipinski definition) is 2. The van der Waals surface area contributed by atoms with Crippen LogP contribution in [0.3, 0.4) is 0 Å². The fourth-order valence-corrected chi connectivity index (χ4v) is 2.92. The predicted molar refractivity (Wildman–Crippen MR) is 74.5 cm³/mol. The smallest absolute Gasteiger partial charge is 0.416 e. The first kappa shape index (κ1) is 13.3. The molecule has 3 heterocycles. The Morgan fingerprint density at radius 1 is 1.36 bits per heavy atom. The van der Waals surface area contributed by atoms with Gasteiger partial charge in [-0.05, 0) is 12.8 Å². The molecule has 1 unspecified atom stereocenters. The standard InChI is InChI=1S/C13H15N5O4/c14-7-1-6(2-7)8-4-18(13(20)22-8)9-3-15-12-11(16-9)17-10(19)5-21-12/h3,6-8H,1-2,4-5,14H2,(H,16,17,19)/t6-,7+,8?. The number of cyclic esters (lactones) is 1. The lowest BCUT2D eigenvalue weighted by Crippen LogP contribution is -2.43. The van der Waals surface area contributed by atoms with Crippen molar-refractivity contribution < 1.29 is 19.1 Å². The van der Waals surface area contributed by atoms with Crippen molar-refractivity contribution in [3.05, 3.63) is 6.20 Å². The van der Waals surface area contributed by atoms with E-state index in [9.17, 15) is 9.59 Å². The molecule has 22 heavy (non-hydrogen) atoms. The minimum atomic E-state index is -0.456. The molecule has 1 aliphatic carbocycles. The monoisotopic (exact) mass is 305 g/mol. The Kier molecular flexibility index (Phi) is 2.89. The third-order valence-electron chi connectivity index (χ3n) is 4.17. The summed E-state index contributed by atoms with van der Waals surface area (Å²) in [6.45, 7) is 0.329. The van der Waals surface area contributed by atoms with Crippen molar-refractivity contribution >= 4 is 23.6 Å². The number of ether oxygens (including phenoxy) is 2. The molecule has 2 amide bonds. The van der Waals surface area contributed by atoms with Gasteiger partial charge in [0.05, 0.1) is 12.7 Å². The van der Waals surface area contributed by atoms with Gasteiger partial charge in [-0.15, -0.1) is 0 Å². The van der Waals surface area contributed by atoms with Crippen molar-refractivity contribution in [1.29, 1.82) is 0 Å². The van der Waals surface area contributed by atoms with Crippen LogP contribution >= 0.6 is 0 Å². The summed E-state index contributed by atoms with van der Waals surface area (Å²) in [7, 11) is 0. The maximum atomic E-state index is 12.0. The van der Waals surface area contributed by atoms with E-state index in [1.807, 2.05) is 0 Å². The molecule has 3 aliphatic rings. The number of amides is 2. The van der Waals surface area contributed by atoms with E-state index < -0.39 is 6.09 Å². The van der Waals surface area contributed by atoms with E-state index in [0.717, 1.165) is 12.8 Å². The Labute approximate surface area is 125 Å².